The van der Waals surface area contributed by atoms with E-state index in [1.165, 1.54) is 5.39 Å². The molecule has 22 heavy (non-hydrogen) atoms. The maximum absolute atomic E-state index is 4.77. The van der Waals surface area contributed by atoms with Crippen molar-refractivity contribution < 1.29 is 0 Å². The van der Waals surface area contributed by atoms with Gasteiger partial charge in [0.05, 0.1) is 11.2 Å². The second kappa shape index (κ2) is 8.02. The Balaban J connectivity index is 0.00000121. The van der Waals surface area contributed by atoms with Crippen LogP contribution in [0.5, 0.6) is 0 Å². The largest absolute Gasteiger partial charge is 0.382 e. The Hall–Kier alpha value is -1.77. The van der Waals surface area contributed by atoms with Gasteiger partial charge in [-0.25, -0.2) is 4.98 Å². The lowest BCUT2D eigenvalue weighted by atomic mass is 10.1. The molecule has 3 rings (SSSR count). The summed E-state index contributed by atoms with van der Waals surface area (Å²) in [6, 6.07) is 21.1. The predicted molar refractivity (Wildman–Crippen MR) is 100 cm³/mol. The lowest BCUT2D eigenvalue weighted by molar-refractivity contribution is 0.901. The van der Waals surface area contributed by atoms with Gasteiger partial charge < -0.3 is 5.32 Å². The fourth-order valence-electron chi connectivity index (χ4n) is 2.36. The number of halogens is 2. The summed E-state index contributed by atoms with van der Waals surface area (Å²) in [4.78, 5) is 4.77. The van der Waals surface area contributed by atoms with Crippen LogP contribution >= 0.6 is 24.8 Å². The first kappa shape index (κ1) is 18.3. The summed E-state index contributed by atoms with van der Waals surface area (Å²) >= 11 is 0. The summed E-state index contributed by atoms with van der Waals surface area (Å²) < 4.78 is 0. The van der Waals surface area contributed by atoms with Gasteiger partial charge in [0.2, 0.25) is 0 Å². The van der Waals surface area contributed by atoms with Crippen molar-refractivity contribution in [3.05, 3.63) is 60.7 Å². The van der Waals surface area contributed by atoms with E-state index >= 15 is 0 Å². The molecule has 4 heteroatoms. The Bertz CT molecular complexity index is 727. The molecule has 116 valence electrons. The molecule has 0 aliphatic rings. The van der Waals surface area contributed by atoms with E-state index in [0.717, 1.165) is 22.5 Å². The monoisotopic (exact) mass is 334 g/mol. The molecule has 3 aromatic rings. The molecule has 2 aromatic carbocycles. The van der Waals surface area contributed by atoms with Gasteiger partial charge in [-0.15, -0.1) is 24.8 Å². The summed E-state index contributed by atoms with van der Waals surface area (Å²) in [6.07, 6.45) is 0. The van der Waals surface area contributed by atoms with Crippen LogP contribution in [0.15, 0.2) is 60.7 Å². The van der Waals surface area contributed by atoms with Crippen LogP contribution < -0.4 is 5.32 Å². The van der Waals surface area contributed by atoms with E-state index in [0.29, 0.717) is 6.04 Å². The molecule has 0 saturated heterocycles. The Morgan fingerprint density at radius 1 is 0.864 bits per heavy atom. The van der Waals surface area contributed by atoms with Crippen LogP contribution in [-0.4, -0.2) is 11.0 Å². The van der Waals surface area contributed by atoms with Gasteiger partial charge in [-0.2, -0.15) is 0 Å². The zero-order valence-electron chi connectivity index (χ0n) is 12.6. The van der Waals surface area contributed by atoms with Crippen LogP contribution in [0, 0.1) is 0 Å². The van der Waals surface area contributed by atoms with Crippen LogP contribution in [0.25, 0.3) is 22.2 Å². The maximum atomic E-state index is 4.77. The number of fused-ring (bicyclic) bond motifs is 1. The zero-order chi connectivity index (χ0) is 13.9. The van der Waals surface area contributed by atoms with Gasteiger partial charge in [0.1, 0.15) is 0 Å². The highest BCUT2D eigenvalue weighted by Gasteiger charge is 2.07. The number of hydrogen-bond acceptors (Lipinski definition) is 2. The van der Waals surface area contributed by atoms with E-state index in [4.69, 9.17) is 4.98 Å². The van der Waals surface area contributed by atoms with Gasteiger partial charge in [0.25, 0.3) is 0 Å². The number of nitrogens with zero attached hydrogens (tertiary/aromatic N) is 1. The number of pyridine rings is 1. The van der Waals surface area contributed by atoms with Gasteiger partial charge in [-0.3, -0.25) is 0 Å². The molecular formula is C18H20Cl2N2. The molecule has 0 amide bonds. The van der Waals surface area contributed by atoms with E-state index < -0.39 is 0 Å². The average Bonchev–Trinajstić information content (AvgIpc) is 2.47. The molecule has 0 aliphatic carbocycles. The molecule has 0 spiro atoms. The van der Waals surface area contributed by atoms with Crippen molar-refractivity contribution in [1.82, 2.24) is 4.98 Å². The standard InChI is InChI=1S/C18H18N2.2ClH/c1-13(2)19-18-12-17(14-8-4-3-5-9-14)20-16-11-7-6-10-15(16)18;;/h3-13H,1-2H3,(H,19,20);2*1H. The topological polar surface area (TPSA) is 24.9 Å². The molecule has 0 saturated carbocycles. The minimum Gasteiger partial charge on any atom is -0.382 e. The molecule has 0 aliphatic heterocycles. The van der Waals surface area contributed by atoms with Crippen LogP contribution in [0.3, 0.4) is 0 Å². The van der Waals surface area contributed by atoms with Gasteiger partial charge >= 0.3 is 0 Å². The first-order valence-corrected chi connectivity index (χ1v) is 6.96. The van der Waals surface area contributed by atoms with Gasteiger partial charge in [-0.05, 0) is 26.0 Å². The SMILES string of the molecule is CC(C)Nc1cc(-c2ccccc2)nc2ccccc12.Cl.Cl. The fraction of sp³-hybridized carbons (Fsp3) is 0.167. The number of anilines is 1. The number of benzene rings is 2. The number of aromatic nitrogens is 1. The van der Waals surface area contributed by atoms with E-state index in [1.807, 2.05) is 24.3 Å². The summed E-state index contributed by atoms with van der Waals surface area (Å²) in [7, 11) is 0. The van der Waals surface area contributed by atoms with Crippen molar-refractivity contribution in [2.75, 3.05) is 5.32 Å². The summed E-state index contributed by atoms with van der Waals surface area (Å²) in [5, 5.41) is 4.69. The van der Waals surface area contributed by atoms with Crippen molar-refractivity contribution in [2.45, 2.75) is 19.9 Å². The third-order valence-corrected chi connectivity index (χ3v) is 3.23. The third kappa shape index (κ3) is 3.90. The van der Waals surface area contributed by atoms with Crippen molar-refractivity contribution in [2.24, 2.45) is 0 Å². The molecule has 1 N–H and O–H groups in total. The molecular weight excluding hydrogens is 315 g/mol. The zero-order valence-corrected chi connectivity index (χ0v) is 14.2. The quantitative estimate of drug-likeness (QED) is 0.677. The Morgan fingerprint density at radius 2 is 1.50 bits per heavy atom. The fourth-order valence-corrected chi connectivity index (χ4v) is 2.36. The first-order valence-electron chi connectivity index (χ1n) is 6.96. The molecule has 0 fully saturated rings. The van der Waals surface area contributed by atoms with Crippen LogP contribution in [0.1, 0.15) is 13.8 Å². The third-order valence-electron chi connectivity index (χ3n) is 3.23. The summed E-state index contributed by atoms with van der Waals surface area (Å²) in [6.45, 7) is 4.30. The molecule has 0 unspecified atom stereocenters. The number of para-hydroxylation sites is 1. The Kier molecular flexibility index (Phi) is 6.66. The Morgan fingerprint density at radius 3 is 2.18 bits per heavy atom. The van der Waals surface area contributed by atoms with E-state index in [2.05, 4.69) is 55.6 Å². The van der Waals surface area contributed by atoms with E-state index in [-0.39, 0.29) is 24.8 Å². The van der Waals surface area contributed by atoms with Crippen molar-refractivity contribution >= 4 is 41.4 Å². The number of rotatable bonds is 3. The highest BCUT2D eigenvalue weighted by Crippen LogP contribution is 2.28. The molecule has 2 nitrogen and oxygen atoms in total. The van der Waals surface area contributed by atoms with Crippen LogP contribution in [0.2, 0.25) is 0 Å². The van der Waals surface area contributed by atoms with E-state index in [9.17, 15) is 0 Å². The van der Waals surface area contributed by atoms with Crippen LogP contribution in [0.4, 0.5) is 5.69 Å². The van der Waals surface area contributed by atoms with Crippen molar-refractivity contribution in [1.29, 1.82) is 0 Å². The second-order valence-electron chi connectivity index (χ2n) is 5.24. The second-order valence-corrected chi connectivity index (χ2v) is 5.24. The lowest BCUT2D eigenvalue weighted by Gasteiger charge is -2.14. The molecule has 0 bridgehead atoms. The minimum absolute atomic E-state index is 0. The molecule has 1 heterocycles. The first-order chi connectivity index (χ1) is 9.74. The molecule has 1 aromatic heterocycles. The van der Waals surface area contributed by atoms with Gasteiger partial charge in [0, 0.05) is 22.7 Å². The predicted octanol–water partition coefficient (Wildman–Crippen LogP) is 5.57. The number of nitrogens with one attached hydrogen (secondary N) is 1. The van der Waals surface area contributed by atoms with Crippen LogP contribution in [-0.2, 0) is 0 Å². The highest BCUT2D eigenvalue weighted by atomic mass is 35.5. The summed E-state index contributed by atoms with van der Waals surface area (Å²) in [5.41, 5.74) is 4.32. The Labute approximate surface area is 143 Å². The number of hydrogen-bond donors (Lipinski definition) is 1. The lowest BCUT2D eigenvalue weighted by Crippen LogP contribution is -2.10. The average molecular weight is 335 g/mol. The van der Waals surface area contributed by atoms with Crippen molar-refractivity contribution in [3.8, 4) is 11.3 Å². The molecule has 0 atom stereocenters. The smallest absolute Gasteiger partial charge is 0.0730 e. The molecule has 0 radical (unpaired) electrons. The highest BCUT2D eigenvalue weighted by molar-refractivity contribution is 5.93. The van der Waals surface area contributed by atoms with Gasteiger partial charge in [-0.1, -0.05) is 48.5 Å². The minimum atomic E-state index is 0. The summed E-state index contributed by atoms with van der Waals surface area (Å²) in [5.74, 6) is 0. The van der Waals surface area contributed by atoms with Gasteiger partial charge in [0.15, 0.2) is 0 Å². The van der Waals surface area contributed by atoms with Crippen molar-refractivity contribution in [3.63, 3.8) is 0 Å². The normalized spacial score (nSPS) is 9.95. The maximum Gasteiger partial charge on any atom is 0.0730 e. The van der Waals surface area contributed by atoms with E-state index in [1.54, 1.807) is 0 Å².